The number of carboxylic acid groups (broad SMARTS) is 1. The molecule has 0 aliphatic rings. The van der Waals surface area contributed by atoms with Crippen LogP contribution in [0.25, 0.3) is 0 Å². The monoisotopic (exact) mass is 293 g/mol. The summed E-state index contributed by atoms with van der Waals surface area (Å²) in [6.07, 6.45) is 1.54. The Bertz CT molecular complexity index is 665. The van der Waals surface area contributed by atoms with Crippen LogP contribution in [0.15, 0.2) is 39.8 Å². The number of hydrogen-bond acceptors (Lipinski definition) is 5. The van der Waals surface area contributed by atoms with Gasteiger partial charge in [-0.1, -0.05) is 12.1 Å². The molecule has 2 rings (SSSR count). The zero-order valence-corrected chi connectivity index (χ0v) is 11.3. The van der Waals surface area contributed by atoms with Gasteiger partial charge in [0.05, 0.1) is 11.2 Å². The van der Waals surface area contributed by atoms with Crippen LogP contribution in [0.3, 0.4) is 0 Å². The standard InChI is InChI=1S/C13H11NO5S/c1-8-11(5-6-19-8)20-7-9-3-2-4-10(14(17)18)12(9)13(15)16/h2-6H,7H2,1H3,(H,15,16). The van der Waals surface area contributed by atoms with Gasteiger partial charge < -0.3 is 9.52 Å². The van der Waals surface area contributed by atoms with Crippen LogP contribution in [0, 0.1) is 17.0 Å². The van der Waals surface area contributed by atoms with Crippen molar-refractivity contribution in [3.05, 3.63) is 57.5 Å². The minimum Gasteiger partial charge on any atom is -0.477 e. The number of nitrogens with zero attached hydrogens (tertiary/aromatic N) is 1. The molecule has 0 bridgehead atoms. The molecule has 0 aliphatic heterocycles. The van der Waals surface area contributed by atoms with Gasteiger partial charge >= 0.3 is 5.97 Å². The van der Waals surface area contributed by atoms with E-state index in [1.807, 2.05) is 0 Å². The molecule has 0 radical (unpaired) electrons. The lowest BCUT2D eigenvalue weighted by Crippen LogP contribution is -2.06. The van der Waals surface area contributed by atoms with E-state index in [-0.39, 0.29) is 11.3 Å². The molecule has 1 heterocycles. The van der Waals surface area contributed by atoms with E-state index < -0.39 is 10.9 Å². The van der Waals surface area contributed by atoms with Crippen molar-refractivity contribution in [2.45, 2.75) is 17.6 Å². The fourth-order valence-corrected chi connectivity index (χ4v) is 2.74. The highest BCUT2D eigenvalue weighted by atomic mass is 32.2. The Balaban J connectivity index is 2.32. The Morgan fingerprint density at radius 3 is 2.75 bits per heavy atom. The van der Waals surface area contributed by atoms with Gasteiger partial charge in [-0.15, -0.1) is 11.8 Å². The van der Waals surface area contributed by atoms with Crippen LogP contribution in [0.4, 0.5) is 5.69 Å². The van der Waals surface area contributed by atoms with Crippen LogP contribution in [0.2, 0.25) is 0 Å². The van der Waals surface area contributed by atoms with E-state index in [4.69, 9.17) is 4.42 Å². The molecule has 2 aromatic rings. The van der Waals surface area contributed by atoms with Gasteiger partial charge in [0.25, 0.3) is 5.69 Å². The Hall–Kier alpha value is -2.28. The lowest BCUT2D eigenvalue weighted by Gasteiger charge is -2.06. The molecular formula is C13H11NO5S. The van der Waals surface area contributed by atoms with Gasteiger partial charge in [0.1, 0.15) is 11.3 Å². The van der Waals surface area contributed by atoms with E-state index in [0.717, 1.165) is 10.7 Å². The second-order valence-electron chi connectivity index (χ2n) is 4.00. The van der Waals surface area contributed by atoms with Crippen LogP contribution in [-0.2, 0) is 5.75 Å². The number of aryl methyl sites for hydroxylation is 1. The first kappa shape index (κ1) is 14.1. The lowest BCUT2D eigenvalue weighted by molar-refractivity contribution is -0.385. The number of carbonyl (C=O) groups is 1. The molecule has 1 aromatic carbocycles. The summed E-state index contributed by atoms with van der Waals surface area (Å²) in [4.78, 5) is 22.3. The van der Waals surface area contributed by atoms with Crippen molar-refractivity contribution in [1.29, 1.82) is 0 Å². The fraction of sp³-hybridized carbons (Fsp3) is 0.154. The number of nitro benzene ring substituents is 1. The second kappa shape index (κ2) is 5.79. The highest BCUT2D eigenvalue weighted by molar-refractivity contribution is 7.98. The molecule has 7 heteroatoms. The maximum Gasteiger partial charge on any atom is 0.343 e. The minimum atomic E-state index is -1.29. The van der Waals surface area contributed by atoms with Crippen molar-refractivity contribution in [2.24, 2.45) is 0 Å². The van der Waals surface area contributed by atoms with Gasteiger partial charge in [0, 0.05) is 16.7 Å². The predicted octanol–water partition coefficient (Wildman–Crippen LogP) is 3.49. The molecular weight excluding hydrogens is 282 g/mol. The summed E-state index contributed by atoms with van der Waals surface area (Å²) in [5.74, 6) is -0.238. The quantitative estimate of drug-likeness (QED) is 0.515. The van der Waals surface area contributed by atoms with E-state index in [2.05, 4.69) is 0 Å². The Labute approximate surface area is 118 Å². The average molecular weight is 293 g/mol. The lowest BCUT2D eigenvalue weighted by atomic mass is 10.1. The number of thioether (sulfide) groups is 1. The highest BCUT2D eigenvalue weighted by Crippen LogP contribution is 2.30. The molecule has 0 fully saturated rings. The van der Waals surface area contributed by atoms with Crippen LogP contribution in [-0.4, -0.2) is 16.0 Å². The van der Waals surface area contributed by atoms with Gasteiger partial charge in [-0.2, -0.15) is 0 Å². The topological polar surface area (TPSA) is 93.6 Å². The molecule has 0 saturated carbocycles. The van der Waals surface area contributed by atoms with Crippen LogP contribution >= 0.6 is 11.8 Å². The first-order valence-electron chi connectivity index (χ1n) is 5.67. The van der Waals surface area contributed by atoms with Crippen molar-refractivity contribution in [3.63, 3.8) is 0 Å². The first-order chi connectivity index (χ1) is 9.50. The van der Waals surface area contributed by atoms with E-state index >= 15 is 0 Å². The number of nitro groups is 1. The number of rotatable bonds is 5. The van der Waals surface area contributed by atoms with Gasteiger partial charge in [-0.25, -0.2) is 4.79 Å². The van der Waals surface area contributed by atoms with Crippen molar-refractivity contribution in [3.8, 4) is 0 Å². The minimum absolute atomic E-state index is 0.258. The zero-order valence-electron chi connectivity index (χ0n) is 10.5. The molecule has 20 heavy (non-hydrogen) atoms. The van der Waals surface area contributed by atoms with Crippen LogP contribution in [0.1, 0.15) is 21.7 Å². The van der Waals surface area contributed by atoms with Crippen LogP contribution in [0.5, 0.6) is 0 Å². The smallest absolute Gasteiger partial charge is 0.343 e. The van der Waals surface area contributed by atoms with Gasteiger partial charge in [-0.05, 0) is 18.6 Å². The van der Waals surface area contributed by atoms with E-state index in [1.54, 1.807) is 25.3 Å². The molecule has 0 unspecified atom stereocenters. The molecule has 0 atom stereocenters. The number of benzene rings is 1. The maximum atomic E-state index is 11.2. The Morgan fingerprint density at radius 1 is 1.45 bits per heavy atom. The summed E-state index contributed by atoms with van der Waals surface area (Å²) < 4.78 is 5.15. The largest absolute Gasteiger partial charge is 0.477 e. The average Bonchev–Trinajstić information content (AvgIpc) is 2.81. The molecule has 0 amide bonds. The Morgan fingerprint density at radius 2 is 2.20 bits per heavy atom. The predicted molar refractivity (Wildman–Crippen MR) is 73.1 cm³/mol. The molecule has 0 aliphatic carbocycles. The van der Waals surface area contributed by atoms with E-state index in [0.29, 0.717) is 11.3 Å². The zero-order chi connectivity index (χ0) is 14.7. The first-order valence-corrected chi connectivity index (χ1v) is 6.65. The van der Waals surface area contributed by atoms with Gasteiger partial charge in [0.2, 0.25) is 0 Å². The van der Waals surface area contributed by atoms with Gasteiger partial charge in [-0.3, -0.25) is 10.1 Å². The van der Waals surface area contributed by atoms with Crippen molar-refractivity contribution < 1.29 is 19.2 Å². The molecule has 6 nitrogen and oxygen atoms in total. The summed E-state index contributed by atoms with van der Waals surface area (Å²) in [6.45, 7) is 1.80. The molecule has 0 saturated heterocycles. The van der Waals surface area contributed by atoms with Crippen LogP contribution < -0.4 is 0 Å². The number of furan rings is 1. The number of hydrogen-bond donors (Lipinski definition) is 1. The van der Waals surface area contributed by atoms with Gasteiger partial charge in [0.15, 0.2) is 0 Å². The number of carboxylic acids is 1. The number of aromatic carboxylic acids is 1. The molecule has 1 N–H and O–H groups in total. The van der Waals surface area contributed by atoms with Crippen molar-refractivity contribution >= 4 is 23.4 Å². The summed E-state index contributed by atoms with van der Waals surface area (Å²) in [7, 11) is 0. The normalized spacial score (nSPS) is 10.4. The third-order valence-corrected chi connectivity index (χ3v) is 3.92. The highest BCUT2D eigenvalue weighted by Gasteiger charge is 2.23. The molecule has 0 spiro atoms. The Kier molecular flexibility index (Phi) is 4.09. The third-order valence-electron chi connectivity index (χ3n) is 2.73. The SMILES string of the molecule is Cc1occc1SCc1cccc([N+](=O)[O-])c1C(=O)O. The van der Waals surface area contributed by atoms with Crippen molar-refractivity contribution in [1.82, 2.24) is 0 Å². The molecule has 1 aromatic heterocycles. The summed E-state index contributed by atoms with van der Waals surface area (Å²) in [5.41, 5.74) is -0.233. The summed E-state index contributed by atoms with van der Waals surface area (Å²) in [6, 6.07) is 6.04. The second-order valence-corrected chi connectivity index (χ2v) is 5.02. The van der Waals surface area contributed by atoms with E-state index in [9.17, 15) is 20.0 Å². The summed E-state index contributed by atoms with van der Waals surface area (Å²) >= 11 is 1.38. The third kappa shape index (κ3) is 2.83. The van der Waals surface area contributed by atoms with E-state index in [1.165, 1.54) is 23.9 Å². The fourth-order valence-electron chi connectivity index (χ4n) is 1.78. The maximum absolute atomic E-state index is 11.2. The van der Waals surface area contributed by atoms with Crippen molar-refractivity contribution in [2.75, 3.05) is 0 Å². The summed E-state index contributed by atoms with van der Waals surface area (Å²) in [5, 5.41) is 20.1. The molecule has 104 valence electrons.